The Kier molecular flexibility index (Phi) is 7.90. The van der Waals surface area contributed by atoms with Gasteiger partial charge in [0.1, 0.15) is 4.21 Å². The SMILES string of the molecule is Cc1nn(CC(C)C)c(C)c1CCC(=O)NCc1ccc(S(=O)(=O)N2CCOCC2)s1. The highest BCUT2D eigenvalue weighted by molar-refractivity contribution is 7.91. The van der Waals surface area contributed by atoms with Crippen LogP contribution in [0.25, 0.3) is 0 Å². The van der Waals surface area contributed by atoms with Gasteiger partial charge in [-0.3, -0.25) is 9.48 Å². The number of amides is 1. The van der Waals surface area contributed by atoms with Gasteiger partial charge in [-0.15, -0.1) is 11.3 Å². The van der Waals surface area contributed by atoms with Crippen molar-refractivity contribution in [3.8, 4) is 0 Å². The monoisotopic (exact) mass is 468 g/mol. The molecule has 3 heterocycles. The zero-order valence-electron chi connectivity index (χ0n) is 18.7. The van der Waals surface area contributed by atoms with Crippen molar-refractivity contribution >= 4 is 27.3 Å². The second-order valence-electron chi connectivity index (χ2n) is 8.24. The summed E-state index contributed by atoms with van der Waals surface area (Å²) >= 11 is 1.21. The van der Waals surface area contributed by atoms with Crippen LogP contribution in [0.4, 0.5) is 0 Å². The summed E-state index contributed by atoms with van der Waals surface area (Å²) in [7, 11) is -3.49. The zero-order valence-corrected chi connectivity index (χ0v) is 20.3. The van der Waals surface area contributed by atoms with Gasteiger partial charge in [0.05, 0.1) is 25.5 Å². The maximum atomic E-state index is 12.7. The molecule has 172 valence electrons. The molecule has 1 saturated heterocycles. The minimum atomic E-state index is -3.49. The van der Waals surface area contributed by atoms with Gasteiger partial charge in [-0.25, -0.2) is 8.42 Å². The van der Waals surface area contributed by atoms with Crippen LogP contribution in [-0.2, 0) is 39.1 Å². The number of nitrogens with zero attached hydrogens (tertiary/aromatic N) is 3. The Morgan fingerprint density at radius 3 is 2.65 bits per heavy atom. The largest absolute Gasteiger partial charge is 0.379 e. The van der Waals surface area contributed by atoms with Crippen LogP contribution in [0.1, 0.15) is 42.1 Å². The van der Waals surface area contributed by atoms with E-state index in [1.54, 1.807) is 12.1 Å². The van der Waals surface area contributed by atoms with Gasteiger partial charge in [0, 0.05) is 36.6 Å². The average Bonchev–Trinajstić information content (AvgIpc) is 3.31. The number of sulfonamides is 1. The lowest BCUT2D eigenvalue weighted by molar-refractivity contribution is -0.121. The van der Waals surface area contributed by atoms with Gasteiger partial charge in [-0.1, -0.05) is 13.8 Å². The molecule has 1 amide bonds. The van der Waals surface area contributed by atoms with Gasteiger partial charge in [0.2, 0.25) is 5.91 Å². The molecule has 2 aromatic heterocycles. The van der Waals surface area contributed by atoms with Gasteiger partial charge in [0.15, 0.2) is 0 Å². The number of aromatic nitrogens is 2. The van der Waals surface area contributed by atoms with Gasteiger partial charge in [-0.2, -0.15) is 9.40 Å². The highest BCUT2D eigenvalue weighted by atomic mass is 32.2. The lowest BCUT2D eigenvalue weighted by atomic mass is 10.1. The van der Waals surface area contributed by atoms with Crippen LogP contribution in [0.5, 0.6) is 0 Å². The molecule has 10 heteroatoms. The first kappa shape index (κ1) is 23.9. The summed E-state index contributed by atoms with van der Waals surface area (Å²) in [5, 5.41) is 7.51. The third kappa shape index (κ3) is 5.94. The molecule has 0 spiro atoms. The van der Waals surface area contributed by atoms with Crippen LogP contribution in [0.3, 0.4) is 0 Å². The van der Waals surface area contributed by atoms with Crippen molar-refractivity contribution in [1.29, 1.82) is 0 Å². The molecule has 2 aromatic rings. The smallest absolute Gasteiger partial charge is 0.252 e. The number of hydrogen-bond acceptors (Lipinski definition) is 6. The molecule has 1 aliphatic rings. The summed E-state index contributed by atoms with van der Waals surface area (Å²) in [6.45, 7) is 11.1. The number of carbonyl (C=O) groups excluding carboxylic acids is 1. The highest BCUT2D eigenvalue weighted by Crippen LogP contribution is 2.25. The molecule has 31 heavy (non-hydrogen) atoms. The fraction of sp³-hybridized carbons (Fsp3) is 0.619. The third-order valence-corrected chi connectivity index (χ3v) is 8.78. The summed E-state index contributed by atoms with van der Waals surface area (Å²) in [4.78, 5) is 13.2. The minimum absolute atomic E-state index is 0.0543. The average molecular weight is 469 g/mol. The van der Waals surface area contributed by atoms with Crippen LogP contribution in [-0.4, -0.2) is 54.7 Å². The molecular weight excluding hydrogens is 436 g/mol. The first-order valence-electron chi connectivity index (χ1n) is 10.6. The molecule has 0 atom stereocenters. The molecule has 0 unspecified atom stereocenters. The fourth-order valence-corrected chi connectivity index (χ4v) is 6.50. The van der Waals surface area contributed by atoms with E-state index in [2.05, 4.69) is 31.2 Å². The standard InChI is InChI=1S/C21H32N4O4S2/c1-15(2)14-25-17(4)19(16(3)23-25)6-7-20(26)22-13-18-5-8-21(30-18)31(27,28)24-9-11-29-12-10-24/h5,8,15H,6-7,9-14H2,1-4H3,(H,22,26). The van der Waals surface area contributed by atoms with Gasteiger partial charge >= 0.3 is 0 Å². The van der Waals surface area contributed by atoms with Crippen LogP contribution < -0.4 is 5.32 Å². The van der Waals surface area contributed by atoms with Crippen molar-refractivity contribution in [2.24, 2.45) is 5.92 Å². The van der Waals surface area contributed by atoms with E-state index in [4.69, 9.17) is 4.74 Å². The number of morpholine rings is 1. The molecule has 1 fully saturated rings. The Bertz CT molecular complexity index is 1000. The topological polar surface area (TPSA) is 93.5 Å². The van der Waals surface area contributed by atoms with E-state index in [-0.39, 0.29) is 5.91 Å². The second kappa shape index (κ2) is 10.2. The summed E-state index contributed by atoms with van der Waals surface area (Å²) in [5.74, 6) is 0.457. The first-order chi connectivity index (χ1) is 14.7. The van der Waals surface area contributed by atoms with Crippen LogP contribution >= 0.6 is 11.3 Å². The van der Waals surface area contributed by atoms with E-state index in [1.807, 2.05) is 11.6 Å². The number of aryl methyl sites for hydroxylation is 1. The molecule has 0 saturated carbocycles. The number of nitrogens with one attached hydrogen (secondary N) is 1. The Labute approximate surface area is 188 Å². The van der Waals surface area contributed by atoms with E-state index in [1.165, 1.54) is 15.6 Å². The fourth-order valence-electron chi connectivity index (χ4n) is 3.64. The lowest BCUT2D eigenvalue weighted by Crippen LogP contribution is -2.40. The van der Waals surface area contributed by atoms with Crippen molar-refractivity contribution in [2.45, 2.75) is 57.8 Å². The third-order valence-electron chi connectivity index (χ3n) is 5.33. The number of hydrogen-bond donors (Lipinski definition) is 1. The summed E-state index contributed by atoms with van der Waals surface area (Å²) < 4.78 is 34.4. The molecule has 3 rings (SSSR count). The Hall–Kier alpha value is -1.75. The molecular formula is C21H32N4O4S2. The molecule has 0 radical (unpaired) electrons. The van der Waals surface area contributed by atoms with Gasteiger partial charge in [0.25, 0.3) is 10.0 Å². The molecule has 1 aliphatic heterocycles. The van der Waals surface area contributed by atoms with E-state index < -0.39 is 10.0 Å². The van der Waals surface area contributed by atoms with E-state index in [0.717, 1.165) is 28.4 Å². The summed E-state index contributed by atoms with van der Waals surface area (Å²) in [6, 6.07) is 3.38. The van der Waals surface area contributed by atoms with Crippen LogP contribution in [0.15, 0.2) is 16.3 Å². The number of thiophene rings is 1. The van der Waals surface area contributed by atoms with Crippen molar-refractivity contribution < 1.29 is 17.9 Å². The predicted molar refractivity (Wildman–Crippen MR) is 121 cm³/mol. The van der Waals surface area contributed by atoms with Crippen LogP contribution in [0.2, 0.25) is 0 Å². The van der Waals surface area contributed by atoms with Crippen molar-refractivity contribution in [3.63, 3.8) is 0 Å². The predicted octanol–water partition coefficient (Wildman–Crippen LogP) is 2.49. The number of rotatable bonds is 9. The molecule has 1 N–H and O–H groups in total. The van der Waals surface area contributed by atoms with Crippen molar-refractivity contribution in [1.82, 2.24) is 19.4 Å². The van der Waals surface area contributed by atoms with E-state index in [9.17, 15) is 13.2 Å². The molecule has 8 nitrogen and oxygen atoms in total. The highest BCUT2D eigenvalue weighted by Gasteiger charge is 2.27. The lowest BCUT2D eigenvalue weighted by Gasteiger charge is -2.25. The molecule has 0 aliphatic carbocycles. The quantitative estimate of drug-likeness (QED) is 0.610. The van der Waals surface area contributed by atoms with Gasteiger partial charge in [-0.05, 0) is 43.9 Å². The summed E-state index contributed by atoms with van der Waals surface area (Å²) in [6.07, 6.45) is 1.02. The van der Waals surface area contributed by atoms with Crippen molar-refractivity contribution in [2.75, 3.05) is 26.3 Å². The van der Waals surface area contributed by atoms with Gasteiger partial charge < -0.3 is 10.1 Å². The minimum Gasteiger partial charge on any atom is -0.379 e. The molecule has 0 bridgehead atoms. The van der Waals surface area contributed by atoms with Crippen LogP contribution in [0, 0.1) is 19.8 Å². The zero-order chi connectivity index (χ0) is 22.6. The normalized spacial score (nSPS) is 15.5. The molecule has 0 aromatic carbocycles. The Balaban J connectivity index is 1.52. The Morgan fingerprint density at radius 1 is 1.26 bits per heavy atom. The van der Waals surface area contributed by atoms with E-state index >= 15 is 0 Å². The summed E-state index contributed by atoms with van der Waals surface area (Å²) in [5.41, 5.74) is 3.23. The van der Waals surface area contributed by atoms with Crippen molar-refractivity contribution in [3.05, 3.63) is 34.0 Å². The first-order valence-corrected chi connectivity index (χ1v) is 12.9. The second-order valence-corrected chi connectivity index (χ2v) is 11.6. The Morgan fingerprint density at radius 2 is 1.97 bits per heavy atom. The maximum Gasteiger partial charge on any atom is 0.252 e. The maximum absolute atomic E-state index is 12.7. The number of carbonyl (C=O) groups is 1. The number of ether oxygens (including phenoxy) is 1. The van der Waals surface area contributed by atoms with E-state index in [0.29, 0.717) is 55.8 Å².